The zero-order valence-corrected chi connectivity index (χ0v) is 40.7. The molecule has 0 aromatic heterocycles. The maximum atomic E-state index is 2.41. The minimum absolute atomic E-state index is 0.0583. The van der Waals surface area contributed by atoms with Crippen molar-refractivity contribution in [3.63, 3.8) is 0 Å². The Morgan fingerprint density at radius 1 is 0.348 bits per heavy atom. The second kappa shape index (κ2) is 20.3. The van der Waals surface area contributed by atoms with Crippen LogP contribution in [-0.4, -0.2) is 0 Å². The number of nitrogens with zero attached hydrogens (tertiary/aromatic N) is 2. The van der Waals surface area contributed by atoms with Gasteiger partial charge in [-0.2, -0.15) is 0 Å². The van der Waals surface area contributed by atoms with Crippen molar-refractivity contribution in [1.29, 1.82) is 0 Å². The van der Waals surface area contributed by atoms with Gasteiger partial charge in [-0.05, 0) is 168 Å². The van der Waals surface area contributed by atoms with E-state index in [1.165, 1.54) is 55.6 Å². The maximum absolute atomic E-state index is 2.41. The second-order valence-electron chi connectivity index (χ2n) is 19.3. The summed E-state index contributed by atoms with van der Waals surface area (Å²) in [7, 11) is 0. The third-order valence-electron chi connectivity index (χ3n) is 14.0. The van der Waals surface area contributed by atoms with Gasteiger partial charge >= 0.3 is 0 Å². The molecule has 0 saturated heterocycles. The molecule has 66 heavy (non-hydrogen) atoms. The molecule has 8 aromatic rings. The van der Waals surface area contributed by atoms with Gasteiger partial charge in [0.1, 0.15) is 0 Å². The lowest BCUT2D eigenvalue weighted by molar-refractivity contribution is 0.427. The number of anilines is 6. The summed E-state index contributed by atoms with van der Waals surface area (Å²) in [6, 6.07) is 72.6. The molecule has 3 atom stereocenters. The van der Waals surface area contributed by atoms with Crippen LogP contribution in [0.4, 0.5) is 34.1 Å². The first kappa shape index (κ1) is 45.9. The summed E-state index contributed by atoms with van der Waals surface area (Å²) >= 11 is 0. The molecule has 0 aliphatic heterocycles. The van der Waals surface area contributed by atoms with Crippen molar-refractivity contribution in [1.82, 2.24) is 0 Å². The van der Waals surface area contributed by atoms with Crippen LogP contribution in [0.15, 0.2) is 194 Å². The third kappa shape index (κ3) is 10.1. The number of aryl methyl sites for hydroxylation is 2. The predicted molar refractivity (Wildman–Crippen MR) is 286 cm³/mol. The van der Waals surface area contributed by atoms with Crippen LogP contribution in [0.1, 0.15) is 113 Å². The van der Waals surface area contributed by atoms with Gasteiger partial charge in [0.25, 0.3) is 0 Å². The van der Waals surface area contributed by atoms with E-state index in [-0.39, 0.29) is 5.41 Å². The molecule has 3 unspecified atom stereocenters. The molecular formula is C64H68N2. The molecule has 2 nitrogen and oxygen atoms in total. The zero-order valence-electron chi connectivity index (χ0n) is 40.7. The van der Waals surface area contributed by atoms with Gasteiger partial charge in [-0.3, -0.25) is 0 Å². The fourth-order valence-corrected chi connectivity index (χ4v) is 9.54. The van der Waals surface area contributed by atoms with Crippen LogP contribution in [0.25, 0.3) is 22.3 Å². The Kier molecular flexibility index (Phi) is 14.1. The van der Waals surface area contributed by atoms with Gasteiger partial charge in [0, 0.05) is 39.5 Å². The van der Waals surface area contributed by atoms with Crippen LogP contribution in [0.3, 0.4) is 0 Å². The fourth-order valence-electron chi connectivity index (χ4n) is 9.54. The number of benzene rings is 8. The molecule has 8 aromatic carbocycles. The van der Waals surface area contributed by atoms with E-state index in [1.54, 1.807) is 0 Å². The van der Waals surface area contributed by atoms with E-state index in [0.717, 1.165) is 53.4 Å². The molecule has 0 aliphatic carbocycles. The zero-order chi connectivity index (χ0) is 46.4. The molecule has 0 saturated carbocycles. The van der Waals surface area contributed by atoms with Gasteiger partial charge in [0.2, 0.25) is 0 Å². The van der Waals surface area contributed by atoms with Gasteiger partial charge in [0.15, 0.2) is 0 Å². The van der Waals surface area contributed by atoms with Crippen LogP contribution in [0.2, 0.25) is 0 Å². The normalized spacial score (nSPS) is 13.2. The van der Waals surface area contributed by atoms with Gasteiger partial charge < -0.3 is 9.80 Å². The summed E-state index contributed by atoms with van der Waals surface area (Å²) in [4.78, 5) is 4.73. The first-order valence-corrected chi connectivity index (χ1v) is 24.3. The lowest BCUT2D eigenvalue weighted by Crippen LogP contribution is -2.25. The SMILES string of the molecule is CCC(C)c1ccc(N(c2ccc(C)cc2)c2ccc(-c3ccc(N(c4ccc(-c5ccc(C(C)(CC(C)C)c6ccc(C)cc6)cc5)cc4)c4ccc(C(C)CC)cc4)cc3)cc2)cc1. The highest BCUT2D eigenvalue weighted by Crippen LogP contribution is 2.42. The average molecular weight is 865 g/mol. The van der Waals surface area contributed by atoms with Crippen LogP contribution < -0.4 is 9.80 Å². The Balaban J connectivity index is 1.07. The molecule has 0 radical (unpaired) electrons. The fraction of sp³-hybridized carbons (Fsp3) is 0.250. The van der Waals surface area contributed by atoms with E-state index in [2.05, 4.69) is 266 Å². The minimum Gasteiger partial charge on any atom is -0.311 e. The monoisotopic (exact) mass is 865 g/mol. The molecule has 8 rings (SSSR count). The summed E-state index contributed by atoms with van der Waals surface area (Å²) in [6.07, 6.45) is 3.34. The van der Waals surface area contributed by atoms with E-state index in [0.29, 0.717) is 17.8 Å². The highest BCUT2D eigenvalue weighted by Gasteiger charge is 2.30. The van der Waals surface area contributed by atoms with E-state index in [4.69, 9.17) is 0 Å². The molecule has 0 fully saturated rings. The van der Waals surface area contributed by atoms with Crippen molar-refractivity contribution in [3.05, 3.63) is 228 Å². The highest BCUT2D eigenvalue weighted by molar-refractivity contribution is 5.82. The Morgan fingerprint density at radius 2 is 0.591 bits per heavy atom. The van der Waals surface area contributed by atoms with Crippen LogP contribution in [0.5, 0.6) is 0 Å². The van der Waals surface area contributed by atoms with E-state index in [1.807, 2.05) is 0 Å². The molecule has 2 heteroatoms. The van der Waals surface area contributed by atoms with Gasteiger partial charge in [0.05, 0.1) is 0 Å². The van der Waals surface area contributed by atoms with E-state index < -0.39 is 0 Å². The number of hydrogen-bond acceptors (Lipinski definition) is 2. The van der Waals surface area contributed by atoms with Crippen LogP contribution in [0, 0.1) is 19.8 Å². The van der Waals surface area contributed by atoms with Gasteiger partial charge in [-0.1, -0.05) is 181 Å². The van der Waals surface area contributed by atoms with Crippen molar-refractivity contribution in [2.75, 3.05) is 9.80 Å². The number of hydrogen-bond donors (Lipinski definition) is 0. The lowest BCUT2D eigenvalue weighted by atomic mass is 9.71. The van der Waals surface area contributed by atoms with E-state index >= 15 is 0 Å². The summed E-state index contributed by atoms with van der Waals surface area (Å²) in [5.41, 5.74) is 19.6. The average Bonchev–Trinajstić information content (AvgIpc) is 3.35. The summed E-state index contributed by atoms with van der Waals surface area (Å²) in [6.45, 7) is 20.5. The van der Waals surface area contributed by atoms with Crippen LogP contribution >= 0.6 is 0 Å². The largest absolute Gasteiger partial charge is 0.311 e. The van der Waals surface area contributed by atoms with Gasteiger partial charge in [-0.25, -0.2) is 0 Å². The molecule has 0 aliphatic rings. The molecule has 0 N–H and O–H groups in total. The molecule has 0 bridgehead atoms. The smallest absolute Gasteiger partial charge is 0.0462 e. The summed E-state index contributed by atoms with van der Waals surface area (Å²) in [5.74, 6) is 1.63. The molecule has 0 heterocycles. The summed E-state index contributed by atoms with van der Waals surface area (Å²) < 4.78 is 0. The Hall–Kier alpha value is -6.64. The van der Waals surface area contributed by atoms with Crippen molar-refractivity contribution in [2.24, 2.45) is 5.92 Å². The molecule has 0 spiro atoms. The van der Waals surface area contributed by atoms with Crippen molar-refractivity contribution in [3.8, 4) is 22.3 Å². The van der Waals surface area contributed by atoms with Crippen molar-refractivity contribution >= 4 is 34.1 Å². The van der Waals surface area contributed by atoms with Crippen molar-refractivity contribution < 1.29 is 0 Å². The highest BCUT2D eigenvalue weighted by atomic mass is 15.1. The second-order valence-corrected chi connectivity index (χ2v) is 19.3. The predicted octanol–water partition coefficient (Wildman–Crippen LogP) is 19.0. The molecular weight excluding hydrogens is 797 g/mol. The first-order valence-electron chi connectivity index (χ1n) is 24.3. The topological polar surface area (TPSA) is 6.48 Å². The summed E-state index contributed by atoms with van der Waals surface area (Å²) in [5, 5.41) is 0. The molecule has 334 valence electrons. The lowest BCUT2D eigenvalue weighted by Gasteiger charge is -2.33. The molecule has 0 amide bonds. The van der Waals surface area contributed by atoms with Crippen LogP contribution in [-0.2, 0) is 5.41 Å². The Labute approximate surface area is 396 Å². The third-order valence-corrected chi connectivity index (χ3v) is 14.0. The minimum atomic E-state index is -0.0583. The Bertz CT molecular complexity index is 2770. The quantitative estimate of drug-likeness (QED) is 0.0955. The Morgan fingerprint density at radius 3 is 0.879 bits per heavy atom. The number of rotatable bonds is 16. The first-order chi connectivity index (χ1) is 31.9. The maximum Gasteiger partial charge on any atom is 0.0462 e. The van der Waals surface area contributed by atoms with Crippen molar-refractivity contribution in [2.45, 2.75) is 98.8 Å². The standard InChI is InChI=1S/C64H68N2/c1-10-48(7)50-18-34-59(35-19-50)65(58-32-14-47(6)15-33-58)61-40-24-54(25-41-61)55-26-42-63(43-27-55)66(60-36-20-51(21-37-60)49(8)11-2)62-38-22-53(23-39-62)52-16-30-57(31-17-52)64(9,44-45(3)4)56-28-12-46(5)13-29-56/h12-43,45,48-49H,10-11,44H2,1-9H3. The van der Waals surface area contributed by atoms with Gasteiger partial charge in [-0.15, -0.1) is 0 Å². The van der Waals surface area contributed by atoms with E-state index in [9.17, 15) is 0 Å².